The van der Waals surface area contributed by atoms with Gasteiger partial charge in [-0.05, 0) is 43.9 Å². The van der Waals surface area contributed by atoms with Crippen LogP contribution in [0.3, 0.4) is 0 Å². The van der Waals surface area contributed by atoms with Crippen LogP contribution in [0.25, 0.3) is 0 Å². The first-order chi connectivity index (χ1) is 10.7. The summed E-state index contributed by atoms with van der Waals surface area (Å²) in [5.41, 5.74) is -0.00783. The van der Waals surface area contributed by atoms with Crippen LogP contribution in [-0.2, 0) is 15.0 Å². The molecular formula is C18H27NO4. The molecule has 0 aliphatic heterocycles. The molecule has 1 aromatic rings. The second kappa shape index (κ2) is 7.99. The van der Waals surface area contributed by atoms with Gasteiger partial charge in [-0.2, -0.15) is 0 Å². The lowest BCUT2D eigenvalue weighted by Gasteiger charge is -2.26. The van der Waals surface area contributed by atoms with E-state index in [1.54, 1.807) is 20.8 Å². The fraction of sp³-hybridized carbons (Fsp3) is 0.556. The van der Waals surface area contributed by atoms with Crippen LogP contribution in [0.1, 0.15) is 46.6 Å². The molecule has 5 nitrogen and oxygen atoms in total. The number of hydrogen-bond donors (Lipinski definition) is 2. The number of benzene rings is 1. The summed E-state index contributed by atoms with van der Waals surface area (Å²) in [6.45, 7) is 10.1. The Bertz CT molecular complexity index is 534. The van der Waals surface area contributed by atoms with E-state index in [0.29, 0.717) is 18.9 Å². The van der Waals surface area contributed by atoms with E-state index in [9.17, 15) is 9.59 Å². The van der Waals surface area contributed by atoms with Gasteiger partial charge in [-0.3, -0.25) is 4.79 Å². The maximum absolute atomic E-state index is 12.4. The van der Waals surface area contributed by atoms with Crippen LogP contribution in [0.15, 0.2) is 24.3 Å². The average molecular weight is 321 g/mol. The Morgan fingerprint density at radius 1 is 1.22 bits per heavy atom. The zero-order valence-corrected chi connectivity index (χ0v) is 14.6. The molecule has 0 aliphatic rings. The summed E-state index contributed by atoms with van der Waals surface area (Å²) in [5.74, 6) is -0.119. The lowest BCUT2D eigenvalue weighted by Crippen LogP contribution is -2.48. The molecule has 1 aromatic carbocycles. The maximum Gasteiger partial charge on any atom is 0.326 e. The van der Waals surface area contributed by atoms with E-state index in [4.69, 9.17) is 9.84 Å². The molecule has 0 aliphatic carbocycles. The van der Waals surface area contributed by atoms with Gasteiger partial charge in [0.1, 0.15) is 11.8 Å². The number of amides is 1. The van der Waals surface area contributed by atoms with Crippen molar-refractivity contribution in [1.29, 1.82) is 0 Å². The Morgan fingerprint density at radius 2 is 1.78 bits per heavy atom. The minimum Gasteiger partial charge on any atom is -0.493 e. The Hall–Kier alpha value is -2.04. The predicted molar refractivity (Wildman–Crippen MR) is 89.7 cm³/mol. The van der Waals surface area contributed by atoms with Crippen molar-refractivity contribution < 1.29 is 19.4 Å². The number of carboxylic acid groups (broad SMARTS) is 1. The Balaban J connectivity index is 2.82. The van der Waals surface area contributed by atoms with E-state index in [1.165, 1.54) is 0 Å². The van der Waals surface area contributed by atoms with E-state index in [1.807, 2.05) is 24.3 Å². The normalized spacial score (nSPS) is 12.8. The Kier molecular flexibility index (Phi) is 6.61. The third kappa shape index (κ3) is 5.27. The fourth-order valence-electron chi connectivity index (χ4n) is 2.04. The topological polar surface area (TPSA) is 75.6 Å². The smallest absolute Gasteiger partial charge is 0.326 e. The monoisotopic (exact) mass is 321 g/mol. The molecule has 23 heavy (non-hydrogen) atoms. The number of ether oxygens (including phenoxy) is 1. The summed E-state index contributed by atoms with van der Waals surface area (Å²) in [6.07, 6.45) is 0.346. The van der Waals surface area contributed by atoms with Crippen LogP contribution in [0, 0.1) is 5.92 Å². The fourth-order valence-corrected chi connectivity index (χ4v) is 2.04. The molecule has 0 bridgehead atoms. The highest BCUT2D eigenvalue weighted by Crippen LogP contribution is 2.26. The number of carbonyl (C=O) groups excluding carboxylic acids is 1. The average Bonchev–Trinajstić information content (AvgIpc) is 2.50. The van der Waals surface area contributed by atoms with Gasteiger partial charge in [-0.25, -0.2) is 4.79 Å². The quantitative estimate of drug-likeness (QED) is 0.772. The molecule has 1 atom stereocenters. The van der Waals surface area contributed by atoms with Crippen molar-refractivity contribution in [1.82, 2.24) is 5.32 Å². The third-order valence-corrected chi connectivity index (χ3v) is 3.74. The van der Waals surface area contributed by atoms with Crippen molar-refractivity contribution >= 4 is 11.9 Å². The van der Waals surface area contributed by atoms with Gasteiger partial charge in [0.25, 0.3) is 0 Å². The molecular weight excluding hydrogens is 294 g/mol. The molecule has 0 heterocycles. The predicted octanol–water partition coefficient (Wildman–Crippen LogP) is 2.98. The molecule has 1 unspecified atom stereocenters. The summed E-state index contributed by atoms with van der Waals surface area (Å²) >= 11 is 0. The summed E-state index contributed by atoms with van der Waals surface area (Å²) in [4.78, 5) is 23.5. The van der Waals surface area contributed by atoms with Crippen LogP contribution in [0.2, 0.25) is 0 Å². The van der Waals surface area contributed by atoms with Crippen LogP contribution < -0.4 is 10.1 Å². The van der Waals surface area contributed by atoms with Gasteiger partial charge in [0.15, 0.2) is 0 Å². The summed E-state index contributed by atoms with van der Waals surface area (Å²) in [6, 6.07) is 6.49. The molecule has 0 saturated carbocycles. The zero-order valence-electron chi connectivity index (χ0n) is 14.6. The van der Waals surface area contributed by atoms with Crippen molar-refractivity contribution in [3.05, 3.63) is 29.8 Å². The second-order valence-electron chi connectivity index (χ2n) is 6.63. The molecule has 0 radical (unpaired) electrons. The van der Waals surface area contributed by atoms with Gasteiger partial charge >= 0.3 is 5.97 Å². The maximum atomic E-state index is 12.4. The van der Waals surface area contributed by atoms with Gasteiger partial charge in [0, 0.05) is 0 Å². The van der Waals surface area contributed by atoms with Gasteiger partial charge in [-0.1, -0.05) is 32.9 Å². The lowest BCUT2D eigenvalue weighted by atomic mass is 9.83. The summed E-state index contributed by atoms with van der Waals surface area (Å²) in [5, 5.41) is 11.7. The molecule has 0 aromatic heterocycles. The minimum absolute atomic E-state index is 0.303. The molecule has 128 valence electrons. The van der Waals surface area contributed by atoms with E-state index in [-0.39, 0.29) is 5.91 Å². The summed E-state index contributed by atoms with van der Waals surface area (Å²) in [7, 11) is 0. The standard InChI is InChI=1S/C18H27NO4/c1-6-15(16(20)21)19-17(22)18(4,5)13-7-9-14(10-8-13)23-11-12(2)3/h7-10,12,15H,6,11H2,1-5H3,(H,19,22)(H,20,21). The molecule has 1 rings (SSSR count). The van der Waals surface area contributed by atoms with Crippen LogP contribution in [0.4, 0.5) is 0 Å². The van der Waals surface area contributed by atoms with Crippen molar-refractivity contribution in [2.45, 2.75) is 52.5 Å². The number of aliphatic carboxylic acids is 1. The minimum atomic E-state index is -1.02. The first-order valence-corrected chi connectivity index (χ1v) is 7.95. The highest BCUT2D eigenvalue weighted by atomic mass is 16.5. The zero-order chi connectivity index (χ0) is 17.6. The highest BCUT2D eigenvalue weighted by molar-refractivity contribution is 5.90. The molecule has 2 N–H and O–H groups in total. The van der Waals surface area contributed by atoms with E-state index in [2.05, 4.69) is 19.2 Å². The van der Waals surface area contributed by atoms with Crippen molar-refractivity contribution in [3.8, 4) is 5.75 Å². The van der Waals surface area contributed by atoms with Crippen LogP contribution in [-0.4, -0.2) is 29.6 Å². The first-order valence-electron chi connectivity index (χ1n) is 7.95. The molecule has 5 heteroatoms. The number of carbonyl (C=O) groups is 2. The first kappa shape index (κ1) is 19.0. The number of hydrogen-bond acceptors (Lipinski definition) is 3. The van der Waals surface area contributed by atoms with Gasteiger partial charge in [-0.15, -0.1) is 0 Å². The second-order valence-corrected chi connectivity index (χ2v) is 6.63. The van der Waals surface area contributed by atoms with Crippen molar-refractivity contribution in [3.63, 3.8) is 0 Å². The largest absolute Gasteiger partial charge is 0.493 e. The van der Waals surface area contributed by atoms with E-state index >= 15 is 0 Å². The molecule has 0 saturated heterocycles. The lowest BCUT2D eigenvalue weighted by molar-refractivity contribution is -0.142. The van der Waals surface area contributed by atoms with Crippen molar-refractivity contribution in [2.24, 2.45) is 5.92 Å². The number of rotatable bonds is 8. The van der Waals surface area contributed by atoms with Crippen LogP contribution in [0.5, 0.6) is 5.75 Å². The Morgan fingerprint density at radius 3 is 2.22 bits per heavy atom. The molecule has 0 spiro atoms. The van der Waals surface area contributed by atoms with Gasteiger partial charge < -0.3 is 15.2 Å². The van der Waals surface area contributed by atoms with Crippen LogP contribution >= 0.6 is 0 Å². The van der Waals surface area contributed by atoms with Gasteiger partial charge in [0.2, 0.25) is 5.91 Å². The van der Waals surface area contributed by atoms with Crippen molar-refractivity contribution in [2.75, 3.05) is 6.61 Å². The van der Waals surface area contributed by atoms with Gasteiger partial charge in [0.05, 0.1) is 12.0 Å². The number of carboxylic acids is 1. The number of nitrogens with one attached hydrogen (secondary N) is 1. The third-order valence-electron chi connectivity index (χ3n) is 3.74. The SMILES string of the molecule is CCC(NC(=O)C(C)(C)c1ccc(OCC(C)C)cc1)C(=O)O. The van der Waals surface area contributed by atoms with E-state index < -0.39 is 17.4 Å². The highest BCUT2D eigenvalue weighted by Gasteiger charge is 2.32. The molecule has 0 fully saturated rings. The summed E-state index contributed by atoms with van der Waals surface area (Å²) < 4.78 is 5.63. The Labute approximate surface area is 138 Å². The molecule has 1 amide bonds. The van der Waals surface area contributed by atoms with E-state index in [0.717, 1.165) is 11.3 Å².